The molecule has 8 nitrogen and oxygen atoms in total. The number of benzene rings is 3. The Morgan fingerprint density at radius 1 is 1.00 bits per heavy atom. The summed E-state index contributed by atoms with van der Waals surface area (Å²) in [7, 11) is -2.24. The SMILES string of the molecule is CCCCNC(=O)[C@H](C)N(Cc1ccc(OC)cc1)C(=O)CN(c1cccc2ccccc12)S(C)(=O)=O. The molecule has 1 atom stereocenters. The first kappa shape index (κ1) is 28.0. The minimum Gasteiger partial charge on any atom is -0.497 e. The van der Waals surface area contributed by atoms with Gasteiger partial charge in [-0.05, 0) is 42.5 Å². The average Bonchev–Trinajstić information content (AvgIpc) is 2.89. The van der Waals surface area contributed by atoms with Crippen LogP contribution >= 0.6 is 0 Å². The van der Waals surface area contributed by atoms with E-state index in [2.05, 4.69) is 5.32 Å². The fourth-order valence-electron chi connectivity index (χ4n) is 4.07. The Bertz CT molecular complexity index is 1320. The van der Waals surface area contributed by atoms with Crippen LogP contribution in [0.1, 0.15) is 32.3 Å². The minimum absolute atomic E-state index is 0.137. The molecule has 3 aromatic carbocycles. The zero-order chi connectivity index (χ0) is 27.0. The predicted molar refractivity (Wildman–Crippen MR) is 147 cm³/mol. The number of nitrogens with one attached hydrogen (secondary N) is 1. The van der Waals surface area contributed by atoms with Gasteiger partial charge < -0.3 is 15.0 Å². The van der Waals surface area contributed by atoms with E-state index >= 15 is 0 Å². The average molecular weight is 526 g/mol. The highest BCUT2D eigenvalue weighted by atomic mass is 32.2. The smallest absolute Gasteiger partial charge is 0.244 e. The van der Waals surface area contributed by atoms with Crippen LogP contribution in [0.15, 0.2) is 66.7 Å². The number of nitrogens with zero attached hydrogens (tertiary/aromatic N) is 2. The fourth-order valence-corrected chi connectivity index (χ4v) is 4.93. The highest BCUT2D eigenvalue weighted by molar-refractivity contribution is 7.92. The Labute approximate surface area is 219 Å². The number of carbonyl (C=O) groups excluding carboxylic acids is 2. The lowest BCUT2D eigenvalue weighted by Gasteiger charge is -2.32. The number of hydrogen-bond donors (Lipinski definition) is 1. The van der Waals surface area contributed by atoms with E-state index in [1.165, 1.54) is 4.90 Å². The largest absolute Gasteiger partial charge is 0.497 e. The van der Waals surface area contributed by atoms with Crippen molar-refractivity contribution in [3.05, 3.63) is 72.3 Å². The van der Waals surface area contributed by atoms with Crippen molar-refractivity contribution in [1.29, 1.82) is 0 Å². The van der Waals surface area contributed by atoms with E-state index in [1.807, 2.05) is 49.4 Å². The standard InChI is InChI=1S/C28H35N3O5S/c1-5-6-18-29-28(33)21(2)30(19-22-14-16-24(36-3)17-15-22)27(32)20-31(37(4,34)35)26-13-9-11-23-10-7-8-12-25(23)26/h7-17,21H,5-6,18-20H2,1-4H3,(H,29,33)/t21-/m0/s1. The molecule has 0 unspecified atom stereocenters. The summed E-state index contributed by atoms with van der Waals surface area (Å²) in [6, 6.07) is 19.1. The summed E-state index contributed by atoms with van der Waals surface area (Å²) in [6.45, 7) is 3.90. The molecule has 0 bridgehead atoms. The summed E-state index contributed by atoms with van der Waals surface area (Å²) in [5.41, 5.74) is 1.21. The maximum Gasteiger partial charge on any atom is 0.244 e. The monoisotopic (exact) mass is 525 g/mol. The number of carbonyl (C=O) groups is 2. The minimum atomic E-state index is -3.81. The van der Waals surface area contributed by atoms with Gasteiger partial charge in [-0.3, -0.25) is 13.9 Å². The lowest BCUT2D eigenvalue weighted by molar-refractivity contribution is -0.139. The Hall–Kier alpha value is -3.59. The van der Waals surface area contributed by atoms with Gasteiger partial charge in [0.25, 0.3) is 0 Å². The van der Waals surface area contributed by atoms with Gasteiger partial charge in [0.1, 0.15) is 18.3 Å². The van der Waals surface area contributed by atoms with Crippen LogP contribution in [0.3, 0.4) is 0 Å². The molecule has 2 amide bonds. The number of anilines is 1. The molecule has 0 saturated carbocycles. The number of unbranched alkanes of at least 4 members (excludes halogenated alkanes) is 1. The summed E-state index contributed by atoms with van der Waals surface area (Å²) in [5, 5.41) is 4.46. The second kappa shape index (κ2) is 12.6. The van der Waals surface area contributed by atoms with Gasteiger partial charge in [0.15, 0.2) is 0 Å². The maximum absolute atomic E-state index is 13.7. The van der Waals surface area contributed by atoms with E-state index in [9.17, 15) is 18.0 Å². The molecule has 0 aromatic heterocycles. The third kappa shape index (κ3) is 7.22. The van der Waals surface area contributed by atoms with Crippen LogP contribution in [0.2, 0.25) is 0 Å². The van der Waals surface area contributed by atoms with Crippen LogP contribution in [0.25, 0.3) is 10.8 Å². The van der Waals surface area contributed by atoms with Crippen molar-refractivity contribution in [2.45, 2.75) is 39.3 Å². The number of methoxy groups -OCH3 is 1. The molecule has 0 heterocycles. The van der Waals surface area contributed by atoms with Gasteiger partial charge in [-0.2, -0.15) is 0 Å². The molecule has 0 fully saturated rings. The third-order valence-electron chi connectivity index (χ3n) is 6.22. The summed E-state index contributed by atoms with van der Waals surface area (Å²) >= 11 is 0. The molecule has 3 aromatic rings. The maximum atomic E-state index is 13.7. The highest BCUT2D eigenvalue weighted by Gasteiger charge is 2.30. The fraction of sp³-hybridized carbons (Fsp3) is 0.357. The number of sulfonamides is 1. The second-order valence-corrected chi connectivity index (χ2v) is 10.9. The van der Waals surface area contributed by atoms with E-state index in [0.29, 0.717) is 18.0 Å². The molecule has 37 heavy (non-hydrogen) atoms. The van der Waals surface area contributed by atoms with Gasteiger partial charge in [-0.1, -0.05) is 61.9 Å². The molecule has 1 N–H and O–H groups in total. The van der Waals surface area contributed by atoms with Crippen LogP contribution in [0.5, 0.6) is 5.75 Å². The van der Waals surface area contributed by atoms with Gasteiger partial charge >= 0.3 is 0 Å². The normalized spacial score (nSPS) is 12.1. The van der Waals surface area contributed by atoms with Gasteiger partial charge in [0.2, 0.25) is 21.8 Å². The Kier molecular flexibility index (Phi) is 9.52. The van der Waals surface area contributed by atoms with E-state index in [4.69, 9.17) is 4.74 Å². The van der Waals surface area contributed by atoms with E-state index in [1.54, 1.807) is 38.3 Å². The molecule has 0 spiro atoms. The molecular weight excluding hydrogens is 490 g/mol. The number of fused-ring (bicyclic) bond motifs is 1. The van der Waals surface area contributed by atoms with Crippen molar-refractivity contribution in [1.82, 2.24) is 10.2 Å². The van der Waals surface area contributed by atoms with Crippen molar-refractivity contribution in [2.75, 3.05) is 30.8 Å². The molecule has 0 aliphatic rings. The summed E-state index contributed by atoms with van der Waals surface area (Å²) < 4.78 is 32.1. The topological polar surface area (TPSA) is 96.0 Å². The van der Waals surface area contributed by atoms with Crippen molar-refractivity contribution in [3.8, 4) is 5.75 Å². The van der Waals surface area contributed by atoms with Crippen LogP contribution in [-0.2, 0) is 26.2 Å². The van der Waals surface area contributed by atoms with Crippen LogP contribution in [-0.4, -0.2) is 57.6 Å². The first-order valence-corrected chi connectivity index (χ1v) is 14.2. The molecule has 198 valence electrons. The molecule has 0 aliphatic heterocycles. The lowest BCUT2D eigenvalue weighted by Crippen LogP contribution is -2.51. The van der Waals surface area contributed by atoms with Crippen LogP contribution < -0.4 is 14.4 Å². The zero-order valence-corrected chi connectivity index (χ0v) is 22.6. The predicted octanol–water partition coefficient (Wildman–Crippen LogP) is 3.95. The quantitative estimate of drug-likeness (QED) is 0.361. The van der Waals surface area contributed by atoms with E-state index in [0.717, 1.165) is 39.7 Å². The molecule has 0 saturated heterocycles. The van der Waals surface area contributed by atoms with Crippen molar-refractivity contribution < 1.29 is 22.7 Å². The van der Waals surface area contributed by atoms with Crippen LogP contribution in [0.4, 0.5) is 5.69 Å². The number of hydrogen-bond acceptors (Lipinski definition) is 5. The number of ether oxygens (including phenoxy) is 1. The zero-order valence-electron chi connectivity index (χ0n) is 21.8. The van der Waals surface area contributed by atoms with Crippen molar-refractivity contribution in [3.63, 3.8) is 0 Å². The summed E-state index contributed by atoms with van der Waals surface area (Å²) in [4.78, 5) is 28.1. The Balaban J connectivity index is 1.95. The van der Waals surface area contributed by atoms with Gasteiger partial charge in [-0.15, -0.1) is 0 Å². The Morgan fingerprint density at radius 3 is 2.32 bits per heavy atom. The summed E-state index contributed by atoms with van der Waals surface area (Å²) in [5.74, 6) is -0.0927. The van der Waals surface area contributed by atoms with E-state index < -0.39 is 28.5 Å². The molecule has 0 aliphatic carbocycles. The molecule has 3 rings (SSSR count). The van der Waals surface area contributed by atoms with Crippen LogP contribution in [0, 0.1) is 0 Å². The first-order valence-electron chi connectivity index (χ1n) is 12.3. The molecule has 0 radical (unpaired) electrons. The van der Waals surface area contributed by atoms with Gasteiger partial charge in [0, 0.05) is 18.5 Å². The van der Waals surface area contributed by atoms with Gasteiger partial charge in [-0.25, -0.2) is 8.42 Å². The second-order valence-electron chi connectivity index (χ2n) is 8.96. The molecular formula is C28H35N3O5S. The summed E-state index contributed by atoms with van der Waals surface area (Å²) in [6.07, 6.45) is 2.84. The van der Waals surface area contributed by atoms with Crippen molar-refractivity contribution >= 4 is 38.3 Å². The third-order valence-corrected chi connectivity index (χ3v) is 7.35. The lowest BCUT2D eigenvalue weighted by atomic mass is 10.1. The number of amides is 2. The van der Waals surface area contributed by atoms with Crippen molar-refractivity contribution in [2.24, 2.45) is 0 Å². The number of rotatable bonds is 12. The Morgan fingerprint density at radius 2 is 1.68 bits per heavy atom. The first-order chi connectivity index (χ1) is 17.7. The highest BCUT2D eigenvalue weighted by Crippen LogP contribution is 2.28. The van der Waals surface area contributed by atoms with Gasteiger partial charge in [0.05, 0.1) is 19.1 Å². The van der Waals surface area contributed by atoms with E-state index in [-0.39, 0.29) is 12.5 Å². The molecule has 9 heteroatoms.